The van der Waals surface area contributed by atoms with Crippen LogP contribution in [0.4, 0.5) is 10.5 Å². The molecule has 114 valence electrons. The van der Waals surface area contributed by atoms with E-state index in [1.165, 1.54) is 4.90 Å². The lowest BCUT2D eigenvalue weighted by Crippen LogP contribution is -2.52. The van der Waals surface area contributed by atoms with Crippen molar-refractivity contribution >= 4 is 29.4 Å². The lowest BCUT2D eigenvalue weighted by atomic mass is 10.2. The molecule has 0 saturated heterocycles. The minimum absolute atomic E-state index is 0.00536. The third-order valence-corrected chi connectivity index (χ3v) is 3.91. The van der Waals surface area contributed by atoms with Gasteiger partial charge in [0.05, 0.1) is 12.2 Å². The fourth-order valence-electron chi connectivity index (χ4n) is 2.14. The number of hydrogen-bond acceptors (Lipinski definition) is 4. The van der Waals surface area contributed by atoms with Gasteiger partial charge in [-0.25, -0.2) is 9.59 Å². The molecule has 0 spiro atoms. The molecule has 0 aromatic heterocycles. The van der Waals surface area contributed by atoms with Crippen molar-refractivity contribution in [2.75, 3.05) is 23.5 Å². The number of carboxylic acid groups (broad SMARTS) is 1. The summed E-state index contributed by atoms with van der Waals surface area (Å²) in [6.45, 7) is 1.90. The second-order valence-corrected chi connectivity index (χ2v) is 5.74. The van der Waals surface area contributed by atoms with Crippen LogP contribution in [0.1, 0.15) is 6.92 Å². The molecule has 2 unspecified atom stereocenters. The van der Waals surface area contributed by atoms with Gasteiger partial charge in [-0.1, -0.05) is 12.1 Å². The van der Waals surface area contributed by atoms with Crippen LogP contribution in [0.3, 0.4) is 0 Å². The first-order valence-electron chi connectivity index (χ1n) is 6.58. The zero-order valence-electron chi connectivity index (χ0n) is 11.9. The Kier molecular flexibility index (Phi) is 4.95. The Labute approximate surface area is 127 Å². The summed E-state index contributed by atoms with van der Waals surface area (Å²) < 4.78 is 5.40. The third kappa shape index (κ3) is 3.60. The molecule has 2 atom stereocenters. The fourth-order valence-corrected chi connectivity index (χ4v) is 2.72. The first-order valence-corrected chi connectivity index (χ1v) is 7.97. The second-order valence-electron chi connectivity index (χ2n) is 4.83. The second kappa shape index (κ2) is 6.71. The smallest absolute Gasteiger partial charge is 0.346 e. The lowest BCUT2D eigenvalue weighted by Gasteiger charge is -2.33. The van der Waals surface area contributed by atoms with Crippen molar-refractivity contribution in [3.05, 3.63) is 24.3 Å². The number of para-hydroxylation sites is 2. The van der Waals surface area contributed by atoms with Gasteiger partial charge in [0.2, 0.25) is 6.10 Å². The number of carbonyl (C=O) groups excluding carboxylic acids is 1. The Bertz CT molecular complexity index is 537. The molecule has 2 N–H and O–H groups in total. The van der Waals surface area contributed by atoms with Crippen molar-refractivity contribution < 1.29 is 19.4 Å². The number of fused-ring (bicyclic) bond motifs is 1. The number of carboxylic acids is 1. The van der Waals surface area contributed by atoms with Crippen molar-refractivity contribution in [2.24, 2.45) is 0 Å². The summed E-state index contributed by atoms with van der Waals surface area (Å²) >= 11 is 1.64. The van der Waals surface area contributed by atoms with E-state index in [0.29, 0.717) is 11.4 Å². The van der Waals surface area contributed by atoms with E-state index in [4.69, 9.17) is 9.84 Å². The van der Waals surface area contributed by atoms with E-state index in [1.807, 2.05) is 13.2 Å². The van der Waals surface area contributed by atoms with Crippen molar-refractivity contribution in [3.8, 4) is 5.75 Å². The van der Waals surface area contributed by atoms with Gasteiger partial charge in [-0.15, -0.1) is 0 Å². The Morgan fingerprint density at radius 3 is 2.90 bits per heavy atom. The van der Waals surface area contributed by atoms with Gasteiger partial charge >= 0.3 is 12.0 Å². The maximum atomic E-state index is 12.4. The van der Waals surface area contributed by atoms with E-state index in [1.54, 1.807) is 36.0 Å². The number of rotatable bonds is 4. The molecule has 0 bridgehead atoms. The zero-order valence-corrected chi connectivity index (χ0v) is 12.7. The van der Waals surface area contributed by atoms with E-state index < -0.39 is 12.1 Å². The first kappa shape index (κ1) is 15.5. The summed E-state index contributed by atoms with van der Waals surface area (Å²) in [7, 11) is 0. The highest BCUT2D eigenvalue weighted by Crippen LogP contribution is 2.33. The van der Waals surface area contributed by atoms with E-state index in [2.05, 4.69) is 5.32 Å². The molecule has 6 nitrogen and oxygen atoms in total. The molecule has 1 aliphatic heterocycles. The number of nitrogens with one attached hydrogen (secondary N) is 1. The van der Waals surface area contributed by atoms with Crippen LogP contribution in [0.15, 0.2) is 24.3 Å². The summed E-state index contributed by atoms with van der Waals surface area (Å²) in [5.41, 5.74) is 0.587. The fraction of sp³-hybridized carbons (Fsp3) is 0.429. The van der Waals surface area contributed by atoms with Gasteiger partial charge in [0, 0.05) is 11.8 Å². The highest BCUT2D eigenvalue weighted by atomic mass is 32.2. The molecule has 21 heavy (non-hydrogen) atoms. The van der Waals surface area contributed by atoms with Crippen molar-refractivity contribution in [3.63, 3.8) is 0 Å². The van der Waals surface area contributed by atoms with E-state index in [0.717, 1.165) is 5.75 Å². The number of carbonyl (C=O) groups is 2. The van der Waals surface area contributed by atoms with Crippen LogP contribution in [-0.4, -0.2) is 47.8 Å². The number of thioether (sulfide) groups is 1. The summed E-state index contributed by atoms with van der Waals surface area (Å²) in [6, 6.07) is 6.64. The van der Waals surface area contributed by atoms with Crippen LogP contribution >= 0.6 is 11.8 Å². The maximum absolute atomic E-state index is 12.4. The quantitative estimate of drug-likeness (QED) is 0.886. The van der Waals surface area contributed by atoms with Crippen LogP contribution in [0, 0.1) is 0 Å². The van der Waals surface area contributed by atoms with E-state index in [9.17, 15) is 9.59 Å². The highest BCUT2D eigenvalue weighted by molar-refractivity contribution is 7.98. The average Bonchev–Trinajstić information content (AvgIpc) is 2.46. The Morgan fingerprint density at radius 1 is 1.52 bits per heavy atom. The summed E-state index contributed by atoms with van der Waals surface area (Å²) in [4.78, 5) is 25.0. The largest absolute Gasteiger partial charge is 0.478 e. The van der Waals surface area contributed by atoms with E-state index in [-0.39, 0.29) is 18.6 Å². The number of benzene rings is 1. The molecule has 0 saturated carbocycles. The van der Waals surface area contributed by atoms with Gasteiger partial charge in [-0.05, 0) is 25.3 Å². The Hall–Kier alpha value is -1.89. The minimum atomic E-state index is -1.08. The molecule has 0 aliphatic carbocycles. The van der Waals surface area contributed by atoms with Crippen LogP contribution < -0.4 is 15.0 Å². The lowest BCUT2D eigenvalue weighted by molar-refractivity contribution is -0.144. The number of urea groups is 1. The predicted octanol–water partition coefficient (Wildman–Crippen LogP) is 1.80. The summed E-state index contributed by atoms with van der Waals surface area (Å²) in [5.74, 6) is 0.114. The number of aliphatic carboxylic acids is 1. The van der Waals surface area contributed by atoms with Crippen molar-refractivity contribution in [1.82, 2.24) is 5.32 Å². The Morgan fingerprint density at radius 2 is 2.24 bits per heavy atom. The van der Waals surface area contributed by atoms with Crippen molar-refractivity contribution in [2.45, 2.75) is 19.1 Å². The number of anilines is 1. The molecule has 0 fully saturated rings. The molecule has 2 rings (SSSR count). The molecule has 1 aromatic carbocycles. The molecule has 1 aromatic rings. The highest BCUT2D eigenvalue weighted by Gasteiger charge is 2.33. The predicted molar refractivity (Wildman–Crippen MR) is 82.2 cm³/mol. The first-order chi connectivity index (χ1) is 10.0. The molecule has 0 radical (unpaired) electrons. The summed E-state index contributed by atoms with van der Waals surface area (Å²) in [5, 5.41) is 12.0. The number of nitrogens with zero attached hydrogens (tertiary/aromatic N) is 1. The SMILES string of the molecule is CSCC(C)NC(=O)N1CC(C(=O)O)Oc2ccccc21. The standard InChI is InChI=1S/C14H18N2O4S/c1-9(8-21-2)15-14(19)16-7-12(13(17)18)20-11-6-4-3-5-10(11)16/h3-6,9,12H,7-8H2,1-2H3,(H,15,19)(H,17,18). The van der Waals surface area contributed by atoms with Crippen LogP contribution in [0.25, 0.3) is 0 Å². The van der Waals surface area contributed by atoms with Gasteiger partial charge < -0.3 is 15.2 Å². The molecule has 2 amide bonds. The normalized spacial score (nSPS) is 18.4. The number of ether oxygens (including phenoxy) is 1. The van der Waals surface area contributed by atoms with Crippen molar-refractivity contribution in [1.29, 1.82) is 0 Å². The minimum Gasteiger partial charge on any atom is -0.478 e. The topological polar surface area (TPSA) is 78.9 Å². The molecular weight excluding hydrogens is 292 g/mol. The monoisotopic (exact) mass is 310 g/mol. The molecule has 1 heterocycles. The molecule has 7 heteroatoms. The number of amides is 2. The maximum Gasteiger partial charge on any atom is 0.346 e. The van der Waals surface area contributed by atoms with Gasteiger partial charge in [-0.2, -0.15) is 11.8 Å². The third-order valence-electron chi connectivity index (χ3n) is 3.08. The Balaban J connectivity index is 2.20. The molecular formula is C14H18N2O4S. The average molecular weight is 310 g/mol. The summed E-state index contributed by atoms with van der Waals surface area (Å²) in [6.07, 6.45) is 0.911. The van der Waals surface area contributed by atoms with Gasteiger partial charge in [0.25, 0.3) is 0 Å². The number of hydrogen-bond donors (Lipinski definition) is 2. The van der Waals surface area contributed by atoms with Crippen LogP contribution in [0.2, 0.25) is 0 Å². The van der Waals surface area contributed by atoms with Gasteiger partial charge in [0.1, 0.15) is 5.75 Å². The van der Waals surface area contributed by atoms with Gasteiger partial charge in [-0.3, -0.25) is 4.90 Å². The van der Waals surface area contributed by atoms with Crippen LogP contribution in [-0.2, 0) is 4.79 Å². The van der Waals surface area contributed by atoms with Gasteiger partial charge in [0.15, 0.2) is 0 Å². The zero-order chi connectivity index (χ0) is 15.4. The van der Waals surface area contributed by atoms with E-state index >= 15 is 0 Å². The van der Waals surface area contributed by atoms with Crippen LogP contribution in [0.5, 0.6) is 5.75 Å². The molecule has 1 aliphatic rings.